The van der Waals surface area contributed by atoms with E-state index in [1.807, 2.05) is 26.0 Å². The topological polar surface area (TPSA) is 0 Å². The smallest absolute Gasteiger partial charge is 0.0196 e. The van der Waals surface area contributed by atoms with Crippen molar-refractivity contribution in [3.63, 3.8) is 0 Å². The van der Waals surface area contributed by atoms with Crippen LogP contribution < -0.4 is 0 Å². The lowest BCUT2D eigenvalue weighted by Crippen LogP contribution is -1.95. The zero-order valence-corrected chi connectivity index (χ0v) is 10.6. The Morgan fingerprint density at radius 1 is 1.43 bits per heavy atom. The largest absolute Gasteiger partial charge is 0.119 e. The highest BCUT2D eigenvalue weighted by atomic mass is 31.1. The summed E-state index contributed by atoms with van der Waals surface area (Å²) < 4.78 is 0. The third-order valence-electron chi connectivity index (χ3n) is 2.24. The highest BCUT2D eigenvalue weighted by Crippen LogP contribution is 2.36. The van der Waals surface area contributed by atoms with Crippen molar-refractivity contribution in [2.45, 2.75) is 38.8 Å². The Labute approximate surface area is 91.0 Å². The molecule has 80 valence electrons. The summed E-state index contributed by atoms with van der Waals surface area (Å²) in [4.78, 5) is 0. The van der Waals surface area contributed by atoms with E-state index < -0.39 is 0 Å². The quantitative estimate of drug-likeness (QED) is 0.472. The van der Waals surface area contributed by atoms with Gasteiger partial charge in [0.15, 0.2) is 0 Å². The fourth-order valence-corrected chi connectivity index (χ4v) is 3.19. The van der Waals surface area contributed by atoms with Crippen LogP contribution in [0.2, 0.25) is 0 Å². The van der Waals surface area contributed by atoms with E-state index in [-0.39, 0.29) is 0 Å². The van der Waals surface area contributed by atoms with Crippen LogP contribution >= 0.6 is 8.58 Å². The molecule has 0 N–H and O–H groups in total. The van der Waals surface area contributed by atoms with E-state index in [2.05, 4.69) is 19.2 Å². The normalized spacial score (nSPS) is 22.7. The summed E-state index contributed by atoms with van der Waals surface area (Å²) in [5.74, 6) is 0. The second-order valence-electron chi connectivity index (χ2n) is 3.18. The molecule has 0 aromatic carbocycles. The highest BCUT2D eigenvalue weighted by Gasteiger charge is 2.14. The van der Waals surface area contributed by atoms with Crippen molar-refractivity contribution in [3.8, 4) is 0 Å². The summed E-state index contributed by atoms with van der Waals surface area (Å²) >= 11 is 0. The molecular weight excluding hydrogens is 187 g/mol. The maximum Gasteiger partial charge on any atom is -0.0196 e. The van der Waals surface area contributed by atoms with Gasteiger partial charge in [-0.15, -0.1) is 8.58 Å². The Hall–Kier alpha value is -0.350. The predicted octanol–water partition coefficient (Wildman–Crippen LogP) is 4.54. The van der Waals surface area contributed by atoms with Crippen molar-refractivity contribution in [2.75, 3.05) is 6.16 Å². The second kappa shape index (κ2) is 9.21. The molecule has 0 aliphatic carbocycles. The van der Waals surface area contributed by atoms with E-state index in [4.69, 9.17) is 0 Å². The average molecular weight is 210 g/mol. The zero-order chi connectivity index (χ0) is 10.8. The summed E-state index contributed by atoms with van der Waals surface area (Å²) in [5, 5.41) is 0. The Morgan fingerprint density at radius 2 is 2.14 bits per heavy atom. The van der Waals surface area contributed by atoms with E-state index in [0.29, 0.717) is 0 Å². The van der Waals surface area contributed by atoms with Gasteiger partial charge in [-0.3, -0.25) is 0 Å². The van der Waals surface area contributed by atoms with Crippen LogP contribution in [0.5, 0.6) is 0 Å². The number of allylic oxidation sites excluding steroid dienone is 4. The maximum absolute atomic E-state index is 3.81. The fraction of sp³-hybridized carbons (Fsp3) is 0.538. The third-order valence-corrected chi connectivity index (χ3v) is 3.95. The van der Waals surface area contributed by atoms with Crippen LogP contribution in [-0.4, -0.2) is 11.8 Å². The van der Waals surface area contributed by atoms with Crippen LogP contribution in [0, 0.1) is 0 Å². The highest BCUT2D eigenvalue weighted by molar-refractivity contribution is 7.39. The Balaban J connectivity index is 0.000000791. The van der Waals surface area contributed by atoms with Crippen molar-refractivity contribution in [1.29, 1.82) is 0 Å². The molecule has 0 amide bonds. The van der Waals surface area contributed by atoms with E-state index in [0.717, 1.165) is 5.66 Å². The molecule has 1 heterocycles. The minimum absolute atomic E-state index is 0.939. The van der Waals surface area contributed by atoms with Gasteiger partial charge in [0.05, 0.1) is 0 Å². The first kappa shape index (κ1) is 13.7. The first-order chi connectivity index (χ1) is 6.86. The predicted molar refractivity (Wildman–Crippen MR) is 70.6 cm³/mol. The molecule has 1 aliphatic heterocycles. The lowest BCUT2D eigenvalue weighted by atomic mass is 10.1. The first-order valence-electron chi connectivity index (χ1n) is 5.54. The molecule has 14 heavy (non-hydrogen) atoms. The Kier molecular flexibility index (Phi) is 8.98. The van der Waals surface area contributed by atoms with Gasteiger partial charge in [-0.1, -0.05) is 45.2 Å². The minimum Gasteiger partial charge on any atom is -0.119 e. The van der Waals surface area contributed by atoms with Crippen molar-refractivity contribution in [1.82, 2.24) is 0 Å². The van der Waals surface area contributed by atoms with Gasteiger partial charge in [-0.05, 0) is 36.7 Å². The van der Waals surface area contributed by atoms with Gasteiger partial charge in [-0.25, -0.2) is 0 Å². The van der Waals surface area contributed by atoms with Crippen molar-refractivity contribution in [3.05, 3.63) is 37.0 Å². The van der Waals surface area contributed by atoms with Crippen LogP contribution in [0.15, 0.2) is 37.0 Å². The molecule has 1 rings (SSSR count). The van der Waals surface area contributed by atoms with Crippen LogP contribution in [0.1, 0.15) is 33.1 Å². The second-order valence-corrected chi connectivity index (χ2v) is 4.90. The minimum atomic E-state index is 0.939. The summed E-state index contributed by atoms with van der Waals surface area (Å²) in [6, 6.07) is 0. The summed E-state index contributed by atoms with van der Waals surface area (Å²) in [7, 11) is 1.18. The molecule has 0 aromatic heterocycles. The van der Waals surface area contributed by atoms with E-state index in [1.54, 1.807) is 0 Å². The summed E-state index contributed by atoms with van der Waals surface area (Å²) in [6.45, 7) is 11.5. The molecule has 1 aliphatic rings. The van der Waals surface area contributed by atoms with Gasteiger partial charge in [0.25, 0.3) is 0 Å². The van der Waals surface area contributed by atoms with Crippen molar-refractivity contribution < 1.29 is 0 Å². The standard InChI is InChI=1S/C11H17P.C2H6/c1-3-6-10(4-2)9-11-7-5-8-12-11;1-2/h3-4,6,11-12H,1-2,5,7-9H2;1-2H3/b10-6+;. The van der Waals surface area contributed by atoms with Crippen molar-refractivity contribution in [2.24, 2.45) is 0 Å². The SMILES string of the molecule is C=C/C=C(\C=C)CC1CCCP1.CC. The summed E-state index contributed by atoms with van der Waals surface area (Å²) in [6.07, 6.45) is 11.4. The molecule has 2 unspecified atom stereocenters. The molecular formula is C13H23P. The lowest BCUT2D eigenvalue weighted by Gasteiger charge is -2.08. The van der Waals surface area contributed by atoms with Gasteiger partial charge in [-0.2, -0.15) is 0 Å². The number of hydrogen-bond acceptors (Lipinski definition) is 0. The lowest BCUT2D eigenvalue weighted by molar-refractivity contribution is 0.778. The molecule has 0 radical (unpaired) electrons. The number of rotatable bonds is 4. The zero-order valence-electron chi connectivity index (χ0n) is 9.55. The molecule has 0 saturated carbocycles. The summed E-state index contributed by atoms with van der Waals surface area (Å²) in [5.41, 5.74) is 2.29. The van der Waals surface area contributed by atoms with Crippen LogP contribution in [0.3, 0.4) is 0 Å². The molecule has 1 fully saturated rings. The Morgan fingerprint density at radius 3 is 2.57 bits per heavy atom. The van der Waals surface area contributed by atoms with Gasteiger partial charge < -0.3 is 0 Å². The number of hydrogen-bond donors (Lipinski definition) is 0. The fourth-order valence-electron chi connectivity index (χ4n) is 1.59. The van der Waals surface area contributed by atoms with Gasteiger partial charge >= 0.3 is 0 Å². The first-order valence-corrected chi connectivity index (χ1v) is 6.82. The molecule has 1 saturated heterocycles. The third kappa shape index (κ3) is 5.40. The van der Waals surface area contributed by atoms with Crippen molar-refractivity contribution >= 4 is 8.58 Å². The van der Waals surface area contributed by atoms with Crippen LogP contribution in [0.4, 0.5) is 0 Å². The van der Waals surface area contributed by atoms with Crippen LogP contribution in [0.25, 0.3) is 0 Å². The van der Waals surface area contributed by atoms with E-state index >= 15 is 0 Å². The molecule has 0 bridgehead atoms. The van der Waals surface area contributed by atoms with Gasteiger partial charge in [0.1, 0.15) is 0 Å². The maximum atomic E-state index is 3.81. The monoisotopic (exact) mass is 210 g/mol. The van der Waals surface area contributed by atoms with Crippen LogP contribution in [-0.2, 0) is 0 Å². The molecule has 0 nitrogen and oxygen atoms in total. The van der Waals surface area contributed by atoms with E-state index in [9.17, 15) is 0 Å². The van der Waals surface area contributed by atoms with Gasteiger partial charge in [0, 0.05) is 0 Å². The average Bonchev–Trinajstić information content (AvgIpc) is 2.73. The molecule has 0 spiro atoms. The molecule has 2 atom stereocenters. The molecule has 0 aromatic rings. The van der Waals surface area contributed by atoms with Gasteiger partial charge in [0.2, 0.25) is 0 Å². The Bertz CT molecular complexity index is 185. The molecule has 1 heteroatoms. The van der Waals surface area contributed by atoms with E-state index in [1.165, 1.54) is 39.6 Å².